The van der Waals surface area contributed by atoms with Crippen molar-refractivity contribution in [2.24, 2.45) is 0 Å². The maximum atomic E-state index is 11.8. The van der Waals surface area contributed by atoms with Gasteiger partial charge in [0.15, 0.2) is 6.61 Å². The number of carbonyl (C=O) groups excluding carboxylic acids is 2. The Balaban J connectivity index is 1.87. The lowest BCUT2D eigenvalue weighted by molar-refractivity contribution is -0.119. The van der Waals surface area contributed by atoms with Gasteiger partial charge in [0.05, 0.1) is 16.3 Å². The van der Waals surface area contributed by atoms with Crippen LogP contribution >= 0.6 is 23.4 Å². The van der Waals surface area contributed by atoms with Crippen LogP contribution in [0.5, 0.6) is 0 Å². The summed E-state index contributed by atoms with van der Waals surface area (Å²) in [6.07, 6.45) is 1.95. The van der Waals surface area contributed by atoms with Gasteiger partial charge in [-0.1, -0.05) is 23.7 Å². The summed E-state index contributed by atoms with van der Waals surface area (Å²) < 4.78 is 4.97. The number of amides is 1. The molecule has 0 heterocycles. The maximum absolute atomic E-state index is 11.8. The lowest BCUT2D eigenvalue weighted by Gasteiger charge is -2.08. The van der Waals surface area contributed by atoms with Crippen molar-refractivity contribution in [3.63, 3.8) is 0 Å². The topological polar surface area (TPSA) is 55.4 Å². The van der Waals surface area contributed by atoms with Crippen LogP contribution in [0.15, 0.2) is 53.4 Å². The second-order valence-electron chi connectivity index (χ2n) is 4.33. The quantitative estimate of drug-likeness (QED) is 0.666. The fourth-order valence-corrected chi connectivity index (χ4v) is 2.28. The Bertz CT molecular complexity index is 673. The van der Waals surface area contributed by atoms with Gasteiger partial charge in [0.2, 0.25) is 0 Å². The zero-order chi connectivity index (χ0) is 15.9. The molecule has 0 atom stereocenters. The fourth-order valence-electron chi connectivity index (χ4n) is 1.69. The highest BCUT2D eigenvalue weighted by molar-refractivity contribution is 7.98. The molecule has 2 aromatic carbocycles. The monoisotopic (exact) mass is 335 g/mol. The summed E-state index contributed by atoms with van der Waals surface area (Å²) in [6, 6.07) is 13.8. The minimum Gasteiger partial charge on any atom is -0.452 e. The lowest BCUT2D eigenvalue weighted by atomic mass is 10.2. The molecule has 114 valence electrons. The Morgan fingerprint density at radius 1 is 1.14 bits per heavy atom. The van der Waals surface area contributed by atoms with Crippen LogP contribution in [-0.2, 0) is 9.53 Å². The van der Waals surface area contributed by atoms with Crippen molar-refractivity contribution in [3.8, 4) is 0 Å². The van der Waals surface area contributed by atoms with E-state index in [1.165, 1.54) is 0 Å². The SMILES string of the molecule is CSc1ccc(C(=O)OCC(=O)Nc2ccccc2Cl)cc1. The van der Waals surface area contributed by atoms with Crippen LogP contribution in [0.3, 0.4) is 0 Å². The van der Waals surface area contributed by atoms with Gasteiger partial charge >= 0.3 is 5.97 Å². The lowest BCUT2D eigenvalue weighted by Crippen LogP contribution is -2.21. The van der Waals surface area contributed by atoms with Gasteiger partial charge in [-0.25, -0.2) is 4.79 Å². The molecule has 0 saturated carbocycles. The van der Waals surface area contributed by atoms with Gasteiger partial charge in [0.1, 0.15) is 0 Å². The number of para-hydroxylation sites is 1. The van der Waals surface area contributed by atoms with Crippen LogP contribution in [0.2, 0.25) is 5.02 Å². The average Bonchev–Trinajstić information content (AvgIpc) is 2.55. The van der Waals surface area contributed by atoms with Crippen molar-refractivity contribution in [2.45, 2.75) is 4.90 Å². The van der Waals surface area contributed by atoms with Crippen molar-refractivity contribution in [1.82, 2.24) is 0 Å². The number of halogens is 1. The van der Waals surface area contributed by atoms with Crippen LogP contribution in [0.25, 0.3) is 0 Å². The summed E-state index contributed by atoms with van der Waals surface area (Å²) in [7, 11) is 0. The van der Waals surface area contributed by atoms with Crippen molar-refractivity contribution < 1.29 is 14.3 Å². The molecule has 6 heteroatoms. The first-order chi connectivity index (χ1) is 10.6. The number of rotatable bonds is 5. The number of benzene rings is 2. The highest BCUT2D eigenvalue weighted by atomic mass is 35.5. The maximum Gasteiger partial charge on any atom is 0.338 e. The fraction of sp³-hybridized carbons (Fsp3) is 0.125. The number of carbonyl (C=O) groups is 2. The molecule has 4 nitrogen and oxygen atoms in total. The van der Waals surface area contributed by atoms with Gasteiger partial charge in [0, 0.05) is 4.90 Å². The van der Waals surface area contributed by atoms with Crippen molar-refractivity contribution >= 4 is 40.9 Å². The molecular formula is C16H14ClNO3S. The number of esters is 1. The Labute approximate surface area is 137 Å². The van der Waals surface area contributed by atoms with E-state index in [1.54, 1.807) is 48.2 Å². The van der Waals surface area contributed by atoms with E-state index < -0.39 is 11.9 Å². The van der Waals surface area contributed by atoms with Gasteiger partial charge in [0.25, 0.3) is 5.91 Å². The molecule has 1 amide bonds. The van der Waals surface area contributed by atoms with Crippen LogP contribution in [0.1, 0.15) is 10.4 Å². The van der Waals surface area contributed by atoms with E-state index in [1.807, 2.05) is 18.4 Å². The van der Waals surface area contributed by atoms with E-state index in [4.69, 9.17) is 16.3 Å². The summed E-state index contributed by atoms with van der Waals surface area (Å²) >= 11 is 7.51. The molecule has 0 aliphatic carbocycles. The van der Waals surface area contributed by atoms with E-state index in [0.29, 0.717) is 16.3 Å². The minimum absolute atomic E-state index is 0.367. The molecule has 2 aromatic rings. The zero-order valence-electron chi connectivity index (χ0n) is 11.8. The Morgan fingerprint density at radius 2 is 1.82 bits per heavy atom. The summed E-state index contributed by atoms with van der Waals surface area (Å²) in [6.45, 7) is -0.367. The number of hydrogen-bond donors (Lipinski definition) is 1. The van der Waals surface area contributed by atoms with Crippen molar-refractivity contribution in [3.05, 3.63) is 59.1 Å². The number of hydrogen-bond acceptors (Lipinski definition) is 4. The summed E-state index contributed by atoms with van der Waals surface area (Å²) in [4.78, 5) is 24.6. The molecule has 0 saturated heterocycles. The van der Waals surface area contributed by atoms with Gasteiger partial charge in [-0.3, -0.25) is 4.79 Å². The molecule has 0 aliphatic heterocycles. The molecule has 22 heavy (non-hydrogen) atoms. The Morgan fingerprint density at radius 3 is 2.45 bits per heavy atom. The molecule has 0 aliphatic rings. The van der Waals surface area contributed by atoms with Gasteiger partial charge in [-0.05, 0) is 42.7 Å². The van der Waals surface area contributed by atoms with E-state index in [-0.39, 0.29) is 6.61 Å². The van der Waals surface area contributed by atoms with E-state index in [9.17, 15) is 9.59 Å². The predicted molar refractivity (Wildman–Crippen MR) is 88.6 cm³/mol. The third-order valence-corrected chi connectivity index (χ3v) is 3.88. The normalized spacial score (nSPS) is 10.1. The van der Waals surface area contributed by atoms with E-state index >= 15 is 0 Å². The predicted octanol–water partition coefficient (Wildman–Crippen LogP) is 3.86. The number of anilines is 1. The number of thioether (sulfide) groups is 1. The minimum atomic E-state index is -0.540. The van der Waals surface area contributed by atoms with Crippen molar-refractivity contribution in [1.29, 1.82) is 0 Å². The summed E-state index contributed by atoms with van der Waals surface area (Å²) in [5.41, 5.74) is 0.887. The molecule has 0 fully saturated rings. The second-order valence-corrected chi connectivity index (χ2v) is 5.62. The zero-order valence-corrected chi connectivity index (χ0v) is 13.4. The third kappa shape index (κ3) is 4.51. The van der Waals surface area contributed by atoms with Gasteiger partial charge in [-0.15, -0.1) is 11.8 Å². The second kappa shape index (κ2) is 7.87. The van der Waals surface area contributed by atoms with Crippen LogP contribution < -0.4 is 5.32 Å². The molecular weight excluding hydrogens is 322 g/mol. The Hall–Kier alpha value is -1.98. The van der Waals surface area contributed by atoms with Crippen LogP contribution in [0.4, 0.5) is 5.69 Å². The van der Waals surface area contributed by atoms with Crippen LogP contribution in [0, 0.1) is 0 Å². The van der Waals surface area contributed by atoms with Gasteiger partial charge in [-0.2, -0.15) is 0 Å². The van der Waals surface area contributed by atoms with Gasteiger partial charge < -0.3 is 10.1 Å². The molecule has 2 rings (SSSR count). The standard InChI is InChI=1S/C16H14ClNO3S/c1-22-12-8-6-11(7-9-12)16(20)21-10-15(19)18-14-5-3-2-4-13(14)17/h2-9H,10H2,1H3,(H,18,19). The Kier molecular flexibility index (Phi) is 5.86. The molecule has 0 aromatic heterocycles. The summed E-state index contributed by atoms with van der Waals surface area (Å²) in [5.74, 6) is -0.982. The number of nitrogens with one attached hydrogen (secondary N) is 1. The summed E-state index contributed by atoms with van der Waals surface area (Å²) in [5, 5.41) is 3.01. The van der Waals surface area contributed by atoms with Crippen LogP contribution in [-0.4, -0.2) is 24.7 Å². The third-order valence-electron chi connectivity index (χ3n) is 2.81. The largest absolute Gasteiger partial charge is 0.452 e. The molecule has 1 N–H and O–H groups in total. The average molecular weight is 336 g/mol. The molecule has 0 spiro atoms. The van der Waals surface area contributed by atoms with E-state index in [2.05, 4.69) is 5.32 Å². The first-order valence-corrected chi connectivity index (χ1v) is 8.06. The smallest absolute Gasteiger partial charge is 0.338 e. The highest BCUT2D eigenvalue weighted by Crippen LogP contribution is 2.20. The first-order valence-electron chi connectivity index (χ1n) is 6.45. The first kappa shape index (κ1) is 16.4. The van der Waals surface area contributed by atoms with E-state index in [0.717, 1.165) is 4.90 Å². The highest BCUT2D eigenvalue weighted by Gasteiger charge is 2.11. The number of ether oxygens (including phenoxy) is 1. The molecule has 0 unspecified atom stereocenters. The van der Waals surface area contributed by atoms with Crippen molar-refractivity contribution in [2.75, 3.05) is 18.2 Å². The molecule has 0 bridgehead atoms. The molecule has 0 radical (unpaired) electrons.